The molecule has 288 valence electrons. The minimum atomic E-state index is -0.230. The first-order valence-electron chi connectivity index (χ1n) is 19.3. The van der Waals surface area contributed by atoms with E-state index in [4.69, 9.17) is 23.9 Å². The van der Waals surface area contributed by atoms with Crippen LogP contribution in [0.4, 0.5) is 0 Å². The number of hydrogen-bond acceptors (Lipinski definition) is 11. The second-order valence-corrected chi connectivity index (χ2v) is 14.7. The predicted octanol–water partition coefficient (Wildman–Crippen LogP) is 3.99. The highest BCUT2D eigenvalue weighted by atomic mass is 16.6. The fraction of sp³-hybridized carbons (Fsp3) is 0.429. The number of benzene rings is 2. The summed E-state index contributed by atoms with van der Waals surface area (Å²) in [6, 6.07) is 24.9. The van der Waals surface area contributed by atoms with Gasteiger partial charge in [-0.1, -0.05) is 48.5 Å². The summed E-state index contributed by atoms with van der Waals surface area (Å²) >= 11 is 0. The van der Waals surface area contributed by atoms with Crippen LogP contribution >= 0.6 is 0 Å². The maximum absolute atomic E-state index is 12.5. The van der Waals surface area contributed by atoms with E-state index in [0.717, 1.165) is 75.7 Å². The van der Waals surface area contributed by atoms with E-state index in [-0.39, 0.29) is 24.0 Å². The fourth-order valence-corrected chi connectivity index (χ4v) is 7.51. The van der Waals surface area contributed by atoms with Crippen LogP contribution in [0.1, 0.15) is 53.5 Å². The van der Waals surface area contributed by atoms with Crippen LogP contribution in [0.3, 0.4) is 0 Å². The molecule has 13 heteroatoms. The lowest BCUT2D eigenvalue weighted by atomic mass is 10.1. The van der Waals surface area contributed by atoms with Gasteiger partial charge in [0.2, 0.25) is 11.8 Å². The zero-order valence-corrected chi connectivity index (χ0v) is 31.4. The molecule has 4 aliphatic rings. The van der Waals surface area contributed by atoms with Gasteiger partial charge in [-0.25, -0.2) is 9.97 Å². The smallest absolute Gasteiger partial charge is 0.258 e. The third kappa shape index (κ3) is 9.35. The van der Waals surface area contributed by atoms with E-state index in [2.05, 4.69) is 73.5 Å². The Morgan fingerprint density at radius 1 is 0.673 bits per heavy atom. The van der Waals surface area contributed by atoms with Gasteiger partial charge in [0.05, 0.1) is 5.69 Å². The Morgan fingerprint density at radius 3 is 1.82 bits per heavy atom. The number of pyridine rings is 2. The lowest BCUT2D eigenvalue weighted by Crippen LogP contribution is -2.48. The van der Waals surface area contributed by atoms with E-state index in [1.807, 2.05) is 29.2 Å². The zero-order chi connectivity index (χ0) is 37.6. The SMILES string of the molecule is CC(=O)NCCC(=O)N1CCN(Cc2ccc([C@H]3COc4ccc(CN5CCN(Cc6ccc([C@H]7COc8cccnc8O7)cc6)CC5)nc4O3)cc2)CC1. The molecule has 2 saturated heterocycles. The number of carbonyl (C=O) groups excluding carboxylic acids is 2. The normalized spacial score (nSPS) is 20.2. The van der Waals surface area contributed by atoms with Crippen molar-refractivity contribution in [3.05, 3.63) is 107 Å². The molecule has 0 unspecified atom stereocenters. The van der Waals surface area contributed by atoms with Gasteiger partial charge in [-0.05, 0) is 46.5 Å². The summed E-state index contributed by atoms with van der Waals surface area (Å²) in [5.41, 5.74) is 5.62. The third-order valence-electron chi connectivity index (χ3n) is 10.7. The fourth-order valence-electron chi connectivity index (χ4n) is 7.51. The lowest BCUT2D eigenvalue weighted by Gasteiger charge is -2.35. The quantitative estimate of drug-likeness (QED) is 0.240. The van der Waals surface area contributed by atoms with Crippen molar-refractivity contribution in [2.45, 2.75) is 45.2 Å². The standard InChI is InChI=1S/C42H49N7O6/c1-30(50)43-16-14-40(51)49-23-21-47(22-24-49)26-32-6-10-34(11-7-32)39-29-53-37-13-12-35(45-42(37)55-39)27-48-19-17-46(18-20-48)25-31-4-8-33(9-5-31)38-28-52-36-3-2-15-44-41(36)54-38/h2-13,15,38-39H,14,16-29H2,1H3,(H,43,50)/t38-,39-/m1/s1. The van der Waals surface area contributed by atoms with Crippen molar-refractivity contribution in [1.82, 2.24) is 34.9 Å². The number of nitrogens with one attached hydrogen (secondary N) is 1. The van der Waals surface area contributed by atoms with Crippen LogP contribution in [0.5, 0.6) is 23.3 Å². The molecule has 2 atom stereocenters. The minimum absolute atomic E-state index is 0.0937. The molecule has 2 amide bonds. The highest BCUT2D eigenvalue weighted by Crippen LogP contribution is 2.36. The van der Waals surface area contributed by atoms with E-state index in [0.29, 0.717) is 62.5 Å². The highest BCUT2D eigenvalue weighted by molar-refractivity contribution is 5.78. The topological polar surface area (TPSA) is 122 Å². The van der Waals surface area contributed by atoms with Crippen LogP contribution in [-0.2, 0) is 29.2 Å². The first kappa shape index (κ1) is 36.7. The van der Waals surface area contributed by atoms with Crippen molar-refractivity contribution in [2.75, 3.05) is 72.1 Å². The van der Waals surface area contributed by atoms with Gasteiger partial charge in [0.1, 0.15) is 13.2 Å². The number of hydrogen-bond donors (Lipinski definition) is 1. The molecule has 2 fully saturated rings. The summed E-state index contributed by atoms with van der Waals surface area (Å²) in [5.74, 6) is 2.46. The van der Waals surface area contributed by atoms with Gasteiger partial charge in [0.15, 0.2) is 23.7 Å². The van der Waals surface area contributed by atoms with Crippen molar-refractivity contribution in [1.29, 1.82) is 0 Å². The van der Waals surface area contributed by atoms with Crippen LogP contribution in [-0.4, -0.2) is 113 Å². The van der Waals surface area contributed by atoms with Gasteiger partial charge in [-0.15, -0.1) is 0 Å². The van der Waals surface area contributed by atoms with E-state index < -0.39 is 0 Å². The van der Waals surface area contributed by atoms with Crippen molar-refractivity contribution < 1.29 is 28.5 Å². The molecule has 2 aromatic carbocycles. The Morgan fingerprint density at radius 2 is 1.22 bits per heavy atom. The molecule has 2 aromatic heterocycles. The van der Waals surface area contributed by atoms with Crippen molar-refractivity contribution in [3.8, 4) is 23.3 Å². The molecule has 0 spiro atoms. The summed E-state index contributed by atoms with van der Waals surface area (Å²) in [7, 11) is 0. The van der Waals surface area contributed by atoms with Crippen molar-refractivity contribution in [3.63, 3.8) is 0 Å². The molecule has 0 aliphatic carbocycles. The van der Waals surface area contributed by atoms with E-state index >= 15 is 0 Å². The average molecular weight is 748 g/mol. The number of piperazine rings is 2. The Balaban J connectivity index is 0.770. The summed E-state index contributed by atoms with van der Waals surface area (Å²) in [4.78, 5) is 41.9. The van der Waals surface area contributed by atoms with Gasteiger partial charge < -0.3 is 29.2 Å². The van der Waals surface area contributed by atoms with Gasteiger partial charge in [0.25, 0.3) is 11.8 Å². The van der Waals surface area contributed by atoms with Crippen LogP contribution in [0.25, 0.3) is 0 Å². The summed E-state index contributed by atoms with van der Waals surface area (Å²) < 4.78 is 24.4. The van der Waals surface area contributed by atoms with Crippen LogP contribution in [0.2, 0.25) is 0 Å². The molecule has 0 radical (unpaired) electrons. The van der Waals surface area contributed by atoms with Crippen LogP contribution in [0.15, 0.2) is 79.0 Å². The molecule has 4 aliphatic heterocycles. The number of carbonyl (C=O) groups is 2. The number of amides is 2. The van der Waals surface area contributed by atoms with Gasteiger partial charge >= 0.3 is 0 Å². The average Bonchev–Trinajstić information content (AvgIpc) is 3.22. The van der Waals surface area contributed by atoms with Crippen LogP contribution < -0.4 is 24.3 Å². The molecule has 1 N–H and O–H groups in total. The van der Waals surface area contributed by atoms with E-state index in [1.54, 1.807) is 6.20 Å². The Bertz CT molecular complexity index is 1930. The minimum Gasteiger partial charge on any atom is -0.484 e. The summed E-state index contributed by atoms with van der Waals surface area (Å²) in [6.07, 6.45) is 1.67. The second-order valence-electron chi connectivity index (χ2n) is 14.7. The molecule has 4 aromatic rings. The largest absolute Gasteiger partial charge is 0.484 e. The first-order valence-corrected chi connectivity index (χ1v) is 19.3. The van der Waals surface area contributed by atoms with Gasteiger partial charge in [-0.2, -0.15) is 0 Å². The third-order valence-corrected chi connectivity index (χ3v) is 10.7. The Kier molecular flexibility index (Phi) is 11.4. The predicted molar refractivity (Wildman–Crippen MR) is 205 cm³/mol. The van der Waals surface area contributed by atoms with E-state index in [9.17, 15) is 9.59 Å². The summed E-state index contributed by atoms with van der Waals surface area (Å²) in [6.45, 7) is 12.2. The highest BCUT2D eigenvalue weighted by Gasteiger charge is 2.27. The number of ether oxygens (including phenoxy) is 4. The van der Waals surface area contributed by atoms with Crippen molar-refractivity contribution in [2.24, 2.45) is 0 Å². The molecular formula is C42H49N7O6. The van der Waals surface area contributed by atoms with Crippen LogP contribution in [0, 0.1) is 0 Å². The maximum Gasteiger partial charge on any atom is 0.258 e. The van der Waals surface area contributed by atoms with Gasteiger partial charge in [0, 0.05) is 98.1 Å². The molecular weight excluding hydrogens is 699 g/mol. The monoisotopic (exact) mass is 747 g/mol. The van der Waals surface area contributed by atoms with E-state index in [1.165, 1.54) is 18.1 Å². The molecule has 8 rings (SSSR count). The second kappa shape index (κ2) is 17.1. The first-order chi connectivity index (χ1) is 26.9. The Labute approximate surface area is 322 Å². The molecule has 6 heterocycles. The van der Waals surface area contributed by atoms with Crippen molar-refractivity contribution >= 4 is 11.8 Å². The lowest BCUT2D eigenvalue weighted by molar-refractivity contribution is -0.133. The number of fused-ring (bicyclic) bond motifs is 2. The maximum atomic E-state index is 12.5. The number of aromatic nitrogens is 2. The number of nitrogens with zero attached hydrogens (tertiary/aromatic N) is 6. The molecule has 55 heavy (non-hydrogen) atoms. The molecule has 0 bridgehead atoms. The Hall–Kier alpha value is -5.24. The zero-order valence-electron chi connectivity index (χ0n) is 31.4. The molecule has 13 nitrogen and oxygen atoms in total. The number of rotatable bonds is 11. The van der Waals surface area contributed by atoms with Gasteiger partial charge in [-0.3, -0.25) is 24.3 Å². The summed E-state index contributed by atoms with van der Waals surface area (Å²) in [5, 5.41) is 2.70. The molecule has 0 saturated carbocycles.